The molecule has 5 nitrogen and oxygen atoms in total. The highest BCUT2D eigenvalue weighted by Gasteiger charge is 2.08. The van der Waals surface area contributed by atoms with Crippen molar-refractivity contribution >= 4 is 12.1 Å². The molecule has 0 aliphatic rings. The van der Waals surface area contributed by atoms with Gasteiger partial charge in [-0.15, -0.1) is 0 Å². The second-order valence-electron chi connectivity index (χ2n) is 7.53. The molecule has 3 aromatic rings. The summed E-state index contributed by atoms with van der Waals surface area (Å²) >= 11 is 0. The standard InChI is InChI=1S/C26H28N2O3/c1-19(2)24-13-12-20(3)16-25(24)31-15-14-30-23-11-7-8-21(17-23)18-27-28-26(29)22-9-5-4-6-10-22/h4-13,16-19H,14-15H2,1-3H3,(H,28,29). The molecule has 5 heteroatoms. The summed E-state index contributed by atoms with van der Waals surface area (Å²) in [7, 11) is 0. The fourth-order valence-corrected chi connectivity index (χ4v) is 3.06. The Bertz CT molecular complexity index is 1030. The quantitative estimate of drug-likeness (QED) is 0.291. The largest absolute Gasteiger partial charge is 0.490 e. The Morgan fingerprint density at radius 2 is 1.74 bits per heavy atom. The van der Waals surface area contributed by atoms with Gasteiger partial charge in [0.25, 0.3) is 5.91 Å². The Balaban J connectivity index is 1.50. The molecule has 0 fully saturated rings. The highest BCUT2D eigenvalue weighted by atomic mass is 16.5. The molecule has 0 bridgehead atoms. The first-order valence-corrected chi connectivity index (χ1v) is 10.4. The average molecular weight is 417 g/mol. The van der Waals surface area contributed by atoms with Crippen molar-refractivity contribution in [1.82, 2.24) is 5.43 Å². The molecule has 3 rings (SSSR count). The Kier molecular flexibility index (Phi) is 7.82. The Labute approximate surface area is 183 Å². The van der Waals surface area contributed by atoms with E-state index in [0.717, 1.165) is 17.1 Å². The van der Waals surface area contributed by atoms with Gasteiger partial charge in [0.1, 0.15) is 24.7 Å². The van der Waals surface area contributed by atoms with Gasteiger partial charge in [0, 0.05) is 5.56 Å². The van der Waals surface area contributed by atoms with Gasteiger partial charge in [0.05, 0.1) is 6.21 Å². The van der Waals surface area contributed by atoms with Crippen molar-refractivity contribution in [2.75, 3.05) is 13.2 Å². The van der Waals surface area contributed by atoms with Gasteiger partial charge >= 0.3 is 0 Å². The molecule has 0 radical (unpaired) electrons. The fourth-order valence-electron chi connectivity index (χ4n) is 3.06. The topological polar surface area (TPSA) is 59.9 Å². The first-order valence-electron chi connectivity index (χ1n) is 10.4. The lowest BCUT2D eigenvalue weighted by Crippen LogP contribution is -2.17. The number of hydrogen-bond acceptors (Lipinski definition) is 4. The number of rotatable bonds is 9. The Morgan fingerprint density at radius 3 is 2.52 bits per heavy atom. The van der Waals surface area contributed by atoms with Gasteiger partial charge in [-0.3, -0.25) is 4.79 Å². The van der Waals surface area contributed by atoms with Gasteiger partial charge in [0.15, 0.2) is 0 Å². The molecule has 0 aromatic heterocycles. The minimum atomic E-state index is -0.252. The number of amides is 1. The predicted octanol–water partition coefficient (Wildman–Crippen LogP) is 5.34. The first kappa shape index (κ1) is 22.1. The molecule has 0 atom stereocenters. The maximum Gasteiger partial charge on any atom is 0.271 e. The van der Waals surface area contributed by atoms with Crippen LogP contribution in [0, 0.1) is 6.92 Å². The van der Waals surface area contributed by atoms with Gasteiger partial charge in [0.2, 0.25) is 0 Å². The lowest BCUT2D eigenvalue weighted by molar-refractivity contribution is 0.0955. The number of benzene rings is 3. The van der Waals surface area contributed by atoms with E-state index >= 15 is 0 Å². The van der Waals surface area contributed by atoms with Crippen LogP contribution >= 0.6 is 0 Å². The third-order valence-electron chi connectivity index (χ3n) is 4.67. The zero-order chi connectivity index (χ0) is 22.1. The van der Waals surface area contributed by atoms with E-state index in [0.29, 0.717) is 24.7 Å². The van der Waals surface area contributed by atoms with Crippen molar-refractivity contribution in [3.05, 3.63) is 95.1 Å². The van der Waals surface area contributed by atoms with Crippen LogP contribution < -0.4 is 14.9 Å². The van der Waals surface area contributed by atoms with E-state index in [2.05, 4.69) is 49.5 Å². The molecule has 0 aliphatic heterocycles. The summed E-state index contributed by atoms with van der Waals surface area (Å²) < 4.78 is 11.8. The van der Waals surface area contributed by atoms with Gasteiger partial charge in [-0.1, -0.05) is 56.3 Å². The third-order valence-corrected chi connectivity index (χ3v) is 4.67. The summed E-state index contributed by atoms with van der Waals surface area (Å²) in [6, 6.07) is 22.8. The van der Waals surface area contributed by atoms with Crippen LogP contribution in [0.1, 0.15) is 46.8 Å². The fraction of sp³-hybridized carbons (Fsp3) is 0.231. The van der Waals surface area contributed by atoms with Crippen molar-refractivity contribution in [1.29, 1.82) is 0 Å². The second-order valence-corrected chi connectivity index (χ2v) is 7.53. The molecule has 0 aliphatic carbocycles. The summed E-state index contributed by atoms with van der Waals surface area (Å²) in [5.41, 5.74) is 6.28. The van der Waals surface area contributed by atoms with Crippen LogP contribution in [-0.4, -0.2) is 25.3 Å². The second kappa shape index (κ2) is 11.0. The molecule has 0 saturated carbocycles. The number of hydrazone groups is 1. The van der Waals surface area contributed by atoms with Crippen LogP contribution in [0.15, 0.2) is 77.9 Å². The normalized spacial score (nSPS) is 11.0. The molecule has 160 valence electrons. The van der Waals surface area contributed by atoms with E-state index in [1.54, 1.807) is 18.3 Å². The maximum absolute atomic E-state index is 12.0. The van der Waals surface area contributed by atoms with E-state index in [1.807, 2.05) is 42.5 Å². The zero-order valence-electron chi connectivity index (χ0n) is 18.2. The van der Waals surface area contributed by atoms with Crippen LogP contribution in [0.25, 0.3) is 0 Å². The lowest BCUT2D eigenvalue weighted by atomic mass is 10.0. The van der Waals surface area contributed by atoms with Gasteiger partial charge in [-0.05, 0) is 59.9 Å². The van der Waals surface area contributed by atoms with Crippen molar-refractivity contribution in [3.8, 4) is 11.5 Å². The van der Waals surface area contributed by atoms with E-state index in [-0.39, 0.29) is 5.91 Å². The lowest BCUT2D eigenvalue weighted by Gasteiger charge is -2.15. The van der Waals surface area contributed by atoms with Crippen molar-refractivity contribution < 1.29 is 14.3 Å². The van der Waals surface area contributed by atoms with Crippen molar-refractivity contribution in [2.45, 2.75) is 26.7 Å². The van der Waals surface area contributed by atoms with Crippen LogP contribution in [0.4, 0.5) is 0 Å². The summed E-state index contributed by atoms with van der Waals surface area (Å²) in [6.07, 6.45) is 1.59. The molecular weight excluding hydrogens is 388 g/mol. The maximum atomic E-state index is 12.0. The minimum Gasteiger partial charge on any atom is -0.490 e. The minimum absolute atomic E-state index is 0.252. The van der Waals surface area contributed by atoms with Crippen molar-refractivity contribution in [2.24, 2.45) is 5.10 Å². The van der Waals surface area contributed by atoms with Gasteiger partial charge in [-0.25, -0.2) is 5.43 Å². The SMILES string of the molecule is Cc1ccc(C(C)C)c(OCCOc2cccc(C=NNC(=O)c3ccccc3)c2)c1. The monoisotopic (exact) mass is 416 g/mol. The summed E-state index contributed by atoms with van der Waals surface area (Å²) in [4.78, 5) is 12.0. The average Bonchev–Trinajstić information content (AvgIpc) is 2.77. The zero-order valence-corrected chi connectivity index (χ0v) is 18.2. The van der Waals surface area contributed by atoms with Crippen molar-refractivity contribution in [3.63, 3.8) is 0 Å². The molecule has 3 aromatic carbocycles. The molecule has 0 heterocycles. The highest BCUT2D eigenvalue weighted by Crippen LogP contribution is 2.27. The van der Waals surface area contributed by atoms with E-state index in [1.165, 1.54) is 11.1 Å². The van der Waals surface area contributed by atoms with Crippen LogP contribution in [0.2, 0.25) is 0 Å². The molecule has 1 N–H and O–H groups in total. The van der Waals surface area contributed by atoms with Gasteiger partial charge in [-0.2, -0.15) is 5.10 Å². The number of nitrogens with zero attached hydrogens (tertiary/aromatic N) is 1. The van der Waals surface area contributed by atoms with E-state index in [4.69, 9.17) is 9.47 Å². The summed E-state index contributed by atoms with van der Waals surface area (Å²) in [5.74, 6) is 1.78. The number of aryl methyl sites for hydroxylation is 1. The number of nitrogens with one attached hydrogen (secondary N) is 1. The molecule has 0 unspecified atom stereocenters. The Morgan fingerprint density at radius 1 is 0.968 bits per heavy atom. The smallest absolute Gasteiger partial charge is 0.271 e. The number of hydrogen-bond donors (Lipinski definition) is 1. The number of carbonyl (C=O) groups excluding carboxylic acids is 1. The first-order chi connectivity index (χ1) is 15.0. The van der Waals surface area contributed by atoms with Crippen LogP contribution in [0.3, 0.4) is 0 Å². The third kappa shape index (κ3) is 6.71. The molecule has 1 amide bonds. The molecular formula is C26H28N2O3. The molecule has 31 heavy (non-hydrogen) atoms. The Hall–Kier alpha value is -3.60. The van der Waals surface area contributed by atoms with E-state index < -0.39 is 0 Å². The predicted molar refractivity (Wildman–Crippen MR) is 124 cm³/mol. The highest BCUT2D eigenvalue weighted by molar-refractivity contribution is 5.94. The van der Waals surface area contributed by atoms with E-state index in [9.17, 15) is 4.79 Å². The summed E-state index contributed by atoms with van der Waals surface area (Å²) in [6.45, 7) is 7.25. The molecule has 0 spiro atoms. The van der Waals surface area contributed by atoms with Crippen LogP contribution in [-0.2, 0) is 0 Å². The van der Waals surface area contributed by atoms with Gasteiger partial charge < -0.3 is 9.47 Å². The summed E-state index contributed by atoms with van der Waals surface area (Å²) in [5, 5.41) is 4.02. The van der Waals surface area contributed by atoms with Crippen LogP contribution in [0.5, 0.6) is 11.5 Å². The number of ether oxygens (including phenoxy) is 2. The number of carbonyl (C=O) groups is 1. The molecule has 0 saturated heterocycles.